The Morgan fingerprint density at radius 1 is 1.45 bits per heavy atom. The minimum absolute atomic E-state index is 0.0383. The summed E-state index contributed by atoms with van der Waals surface area (Å²) in [5.74, 6) is -1.40. The third-order valence-corrected chi connectivity index (χ3v) is 3.86. The Balaban J connectivity index is 2.29. The van der Waals surface area contributed by atoms with Crippen LogP contribution in [-0.2, 0) is 4.79 Å². The molecule has 1 fully saturated rings. The van der Waals surface area contributed by atoms with Gasteiger partial charge in [0.25, 0.3) is 0 Å². The fraction of sp³-hybridized carbons (Fsp3) is 0.533. The van der Waals surface area contributed by atoms with Crippen molar-refractivity contribution in [1.29, 1.82) is 0 Å². The summed E-state index contributed by atoms with van der Waals surface area (Å²) in [6, 6.07) is 4.96. The zero-order chi connectivity index (χ0) is 14.5. The fourth-order valence-corrected chi connectivity index (χ4v) is 2.97. The first-order chi connectivity index (χ1) is 9.63. The summed E-state index contributed by atoms with van der Waals surface area (Å²) in [5, 5.41) is 18.7. The molecule has 1 heterocycles. The molecular formula is C15H20FNO3. The Kier molecular flexibility index (Phi) is 5.09. The van der Waals surface area contributed by atoms with Crippen molar-refractivity contribution in [3.8, 4) is 0 Å². The number of aliphatic carboxylic acids is 1. The van der Waals surface area contributed by atoms with Crippen LogP contribution in [0.5, 0.6) is 0 Å². The second-order valence-electron chi connectivity index (χ2n) is 5.20. The van der Waals surface area contributed by atoms with E-state index in [1.165, 1.54) is 18.2 Å². The summed E-state index contributed by atoms with van der Waals surface area (Å²) in [7, 11) is 0. The number of nitrogens with zero attached hydrogens (tertiary/aromatic N) is 1. The number of piperidine rings is 1. The van der Waals surface area contributed by atoms with Crippen LogP contribution in [0.2, 0.25) is 0 Å². The fourth-order valence-electron chi connectivity index (χ4n) is 2.97. The number of hydrogen-bond donors (Lipinski definition) is 2. The summed E-state index contributed by atoms with van der Waals surface area (Å²) >= 11 is 0. The van der Waals surface area contributed by atoms with Crippen molar-refractivity contribution in [1.82, 2.24) is 4.90 Å². The molecular weight excluding hydrogens is 261 g/mol. The van der Waals surface area contributed by atoms with Gasteiger partial charge in [-0.2, -0.15) is 0 Å². The lowest BCUT2D eigenvalue weighted by molar-refractivity contribution is -0.145. The first-order valence-corrected chi connectivity index (χ1v) is 6.98. The molecule has 0 radical (unpaired) electrons. The van der Waals surface area contributed by atoms with Crippen LogP contribution in [0.3, 0.4) is 0 Å². The van der Waals surface area contributed by atoms with Crippen LogP contribution in [0.15, 0.2) is 24.3 Å². The lowest BCUT2D eigenvalue weighted by Crippen LogP contribution is -2.45. The standard InChI is InChI=1S/C15H20FNO3/c16-12-5-3-4-11(10-12)14(15(19)20)17-8-2-1-6-13(17)7-9-18/h3-5,10,13-14,18H,1-2,6-9H2,(H,19,20). The quantitative estimate of drug-likeness (QED) is 0.868. The zero-order valence-electron chi connectivity index (χ0n) is 11.3. The maximum absolute atomic E-state index is 13.4. The van der Waals surface area contributed by atoms with Gasteiger partial charge in [-0.1, -0.05) is 18.6 Å². The van der Waals surface area contributed by atoms with E-state index < -0.39 is 17.8 Å². The van der Waals surface area contributed by atoms with Crippen LogP contribution in [0, 0.1) is 5.82 Å². The highest BCUT2D eigenvalue weighted by atomic mass is 19.1. The summed E-state index contributed by atoms with van der Waals surface area (Å²) in [4.78, 5) is 13.5. The summed E-state index contributed by atoms with van der Waals surface area (Å²) < 4.78 is 13.4. The maximum Gasteiger partial charge on any atom is 0.325 e. The molecule has 4 nitrogen and oxygen atoms in total. The molecule has 5 heteroatoms. The van der Waals surface area contributed by atoms with E-state index in [-0.39, 0.29) is 12.6 Å². The topological polar surface area (TPSA) is 60.8 Å². The van der Waals surface area contributed by atoms with E-state index in [9.17, 15) is 14.3 Å². The molecule has 2 N–H and O–H groups in total. The van der Waals surface area contributed by atoms with Gasteiger partial charge in [-0.15, -0.1) is 0 Å². The average molecular weight is 281 g/mol. The number of hydrogen-bond acceptors (Lipinski definition) is 3. The van der Waals surface area contributed by atoms with Crippen molar-refractivity contribution in [2.24, 2.45) is 0 Å². The Morgan fingerprint density at radius 3 is 2.90 bits per heavy atom. The number of aliphatic hydroxyl groups excluding tert-OH is 1. The van der Waals surface area contributed by atoms with Gasteiger partial charge < -0.3 is 10.2 Å². The molecule has 110 valence electrons. The number of halogens is 1. The number of rotatable bonds is 5. The number of carbonyl (C=O) groups is 1. The van der Waals surface area contributed by atoms with Gasteiger partial charge in [0.05, 0.1) is 0 Å². The number of carboxylic acids is 1. The molecule has 2 rings (SSSR count). The normalized spacial score (nSPS) is 21.6. The van der Waals surface area contributed by atoms with E-state index in [4.69, 9.17) is 5.11 Å². The van der Waals surface area contributed by atoms with E-state index in [0.29, 0.717) is 18.5 Å². The monoisotopic (exact) mass is 281 g/mol. The minimum atomic E-state index is -0.972. The van der Waals surface area contributed by atoms with Gasteiger partial charge in [0.15, 0.2) is 0 Å². The first-order valence-electron chi connectivity index (χ1n) is 6.98. The van der Waals surface area contributed by atoms with Gasteiger partial charge in [-0.05, 0) is 43.5 Å². The summed E-state index contributed by atoms with van der Waals surface area (Å²) in [6.07, 6.45) is 3.40. The number of carboxylic acid groups (broad SMARTS) is 1. The number of benzene rings is 1. The molecule has 0 spiro atoms. The van der Waals surface area contributed by atoms with Gasteiger partial charge in [0, 0.05) is 12.6 Å². The van der Waals surface area contributed by atoms with Gasteiger partial charge in [-0.25, -0.2) is 4.39 Å². The second-order valence-corrected chi connectivity index (χ2v) is 5.20. The smallest absolute Gasteiger partial charge is 0.325 e. The van der Waals surface area contributed by atoms with Crippen LogP contribution in [-0.4, -0.2) is 40.3 Å². The molecule has 1 aromatic carbocycles. The van der Waals surface area contributed by atoms with Crippen LogP contribution in [0.1, 0.15) is 37.3 Å². The van der Waals surface area contributed by atoms with Gasteiger partial charge >= 0.3 is 5.97 Å². The van der Waals surface area contributed by atoms with Crippen LogP contribution in [0.4, 0.5) is 4.39 Å². The molecule has 0 aromatic heterocycles. The van der Waals surface area contributed by atoms with Crippen molar-refractivity contribution in [3.63, 3.8) is 0 Å². The van der Waals surface area contributed by atoms with Gasteiger partial charge in [0.2, 0.25) is 0 Å². The highest BCUT2D eigenvalue weighted by Crippen LogP contribution is 2.30. The molecule has 0 aliphatic carbocycles. The van der Waals surface area contributed by atoms with E-state index >= 15 is 0 Å². The largest absolute Gasteiger partial charge is 0.480 e. The van der Waals surface area contributed by atoms with Crippen molar-refractivity contribution in [3.05, 3.63) is 35.6 Å². The third-order valence-electron chi connectivity index (χ3n) is 3.86. The number of likely N-dealkylation sites (tertiary alicyclic amines) is 1. The highest BCUT2D eigenvalue weighted by Gasteiger charge is 2.34. The van der Waals surface area contributed by atoms with E-state index in [0.717, 1.165) is 19.3 Å². The summed E-state index contributed by atoms with van der Waals surface area (Å²) in [6.45, 7) is 0.703. The van der Waals surface area contributed by atoms with Crippen molar-refractivity contribution < 1.29 is 19.4 Å². The molecule has 0 amide bonds. The molecule has 1 aromatic rings. The summed E-state index contributed by atoms with van der Waals surface area (Å²) in [5.41, 5.74) is 0.460. The number of aliphatic hydroxyl groups is 1. The van der Waals surface area contributed by atoms with Crippen molar-refractivity contribution in [2.45, 2.75) is 37.8 Å². The van der Waals surface area contributed by atoms with E-state index in [2.05, 4.69) is 0 Å². The minimum Gasteiger partial charge on any atom is -0.480 e. The highest BCUT2D eigenvalue weighted by molar-refractivity contribution is 5.75. The Morgan fingerprint density at radius 2 is 2.25 bits per heavy atom. The average Bonchev–Trinajstić information content (AvgIpc) is 2.41. The molecule has 0 saturated carbocycles. The molecule has 0 bridgehead atoms. The SMILES string of the molecule is O=C(O)C(c1cccc(F)c1)N1CCCCC1CCO. The Labute approximate surface area is 117 Å². The predicted molar refractivity (Wildman–Crippen MR) is 72.8 cm³/mol. The zero-order valence-corrected chi connectivity index (χ0v) is 11.3. The first kappa shape index (κ1) is 14.9. The van der Waals surface area contributed by atoms with Crippen LogP contribution in [0.25, 0.3) is 0 Å². The van der Waals surface area contributed by atoms with E-state index in [1.807, 2.05) is 4.90 Å². The molecule has 1 saturated heterocycles. The Hall–Kier alpha value is -1.46. The Bertz CT molecular complexity index is 464. The van der Waals surface area contributed by atoms with Gasteiger partial charge in [-0.3, -0.25) is 9.69 Å². The lowest BCUT2D eigenvalue weighted by Gasteiger charge is -2.39. The van der Waals surface area contributed by atoms with E-state index in [1.54, 1.807) is 6.07 Å². The predicted octanol–water partition coefficient (Wildman–Crippen LogP) is 2.19. The third kappa shape index (κ3) is 3.35. The maximum atomic E-state index is 13.4. The molecule has 1 aliphatic rings. The van der Waals surface area contributed by atoms with Crippen molar-refractivity contribution >= 4 is 5.97 Å². The molecule has 2 atom stereocenters. The molecule has 2 unspecified atom stereocenters. The lowest BCUT2D eigenvalue weighted by atomic mass is 9.94. The molecule has 1 aliphatic heterocycles. The van der Waals surface area contributed by atoms with Gasteiger partial charge in [0.1, 0.15) is 11.9 Å². The van der Waals surface area contributed by atoms with Crippen LogP contribution >= 0.6 is 0 Å². The second kappa shape index (κ2) is 6.81. The van der Waals surface area contributed by atoms with Crippen LogP contribution < -0.4 is 0 Å². The van der Waals surface area contributed by atoms with Crippen molar-refractivity contribution in [2.75, 3.05) is 13.2 Å². The molecule has 20 heavy (non-hydrogen) atoms.